The van der Waals surface area contributed by atoms with Crippen molar-refractivity contribution >= 4 is 0 Å². The van der Waals surface area contributed by atoms with Crippen LogP contribution in [0.25, 0.3) is 11.6 Å². The zero-order valence-electron chi connectivity index (χ0n) is 10.7. The van der Waals surface area contributed by atoms with Crippen LogP contribution in [-0.4, -0.2) is 24.3 Å². The monoisotopic (exact) mass is 268 g/mol. The Balaban J connectivity index is 2.17. The fourth-order valence-electron chi connectivity index (χ4n) is 2.40. The Hall–Kier alpha value is -1.83. The molecule has 0 bridgehead atoms. The zero-order chi connectivity index (χ0) is 13.6. The van der Waals surface area contributed by atoms with E-state index in [9.17, 15) is 8.78 Å². The molecule has 0 unspecified atom stereocenters. The molecule has 0 aromatic carbocycles. The lowest BCUT2D eigenvalue weighted by Crippen LogP contribution is -2.11. The van der Waals surface area contributed by atoms with Crippen molar-refractivity contribution in [1.29, 1.82) is 0 Å². The summed E-state index contributed by atoms with van der Waals surface area (Å²) in [6, 6.07) is 0. The molecule has 1 aliphatic heterocycles. The van der Waals surface area contributed by atoms with Gasteiger partial charge in [0, 0.05) is 19.6 Å². The second-order valence-electron chi connectivity index (χ2n) is 4.38. The highest BCUT2D eigenvalue weighted by Crippen LogP contribution is 2.26. The van der Waals surface area contributed by atoms with Crippen LogP contribution in [0.5, 0.6) is 0 Å². The molecule has 8 heteroatoms. The Morgan fingerprint density at radius 3 is 2.74 bits per heavy atom. The lowest BCUT2D eigenvalue weighted by Gasteiger charge is -2.08. The molecule has 0 spiro atoms. The largest absolute Gasteiger partial charge is 0.335 e. The maximum absolute atomic E-state index is 13.0. The van der Waals surface area contributed by atoms with Gasteiger partial charge in [-0.25, -0.2) is 9.97 Å². The maximum atomic E-state index is 13.0. The molecule has 1 N–H and O–H groups in total. The SMILES string of the molecule is CCn1c(-c2nc(C)nn2C(F)F)nc2c1CNC2. The minimum absolute atomic E-state index is 0.128. The second kappa shape index (κ2) is 4.37. The average Bonchev–Trinajstić information content (AvgIpc) is 3.00. The van der Waals surface area contributed by atoms with Crippen LogP contribution in [0.15, 0.2) is 0 Å². The summed E-state index contributed by atoms with van der Waals surface area (Å²) in [5.74, 6) is 0.915. The van der Waals surface area contributed by atoms with Crippen LogP contribution in [0.4, 0.5) is 8.78 Å². The Bertz CT molecular complexity index is 615. The van der Waals surface area contributed by atoms with E-state index in [4.69, 9.17) is 0 Å². The third kappa shape index (κ3) is 1.83. The van der Waals surface area contributed by atoms with E-state index in [-0.39, 0.29) is 5.82 Å². The van der Waals surface area contributed by atoms with Crippen LogP contribution in [0, 0.1) is 6.92 Å². The van der Waals surface area contributed by atoms with Crippen LogP contribution < -0.4 is 5.32 Å². The summed E-state index contributed by atoms with van der Waals surface area (Å²) in [4.78, 5) is 8.52. The molecule has 0 aliphatic carbocycles. The molecule has 0 atom stereocenters. The molecule has 3 heterocycles. The molecule has 2 aromatic heterocycles. The molecular formula is C11H14F2N6. The van der Waals surface area contributed by atoms with Gasteiger partial charge in [-0.3, -0.25) is 0 Å². The van der Waals surface area contributed by atoms with E-state index in [2.05, 4.69) is 20.4 Å². The highest BCUT2D eigenvalue weighted by molar-refractivity contribution is 5.48. The van der Waals surface area contributed by atoms with Gasteiger partial charge in [0.05, 0.1) is 11.4 Å². The van der Waals surface area contributed by atoms with Crippen LogP contribution in [-0.2, 0) is 19.6 Å². The quantitative estimate of drug-likeness (QED) is 0.915. The van der Waals surface area contributed by atoms with Crippen molar-refractivity contribution in [2.75, 3.05) is 0 Å². The third-order valence-electron chi connectivity index (χ3n) is 3.18. The first-order valence-electron chi connectivity index (χ1n) is 6.12. The van der Waals surface area contributed by atoms with Gasteiger partial charge in [-0.05, 0) is 13.8 Å². The van der Waals surface area contributed by atoms with Crippen molar-refractivity contribution in [2.24, 2.45) is 0 Å². The highest BCUT2D eigenvalue weighted by atomic mass is 19.3. The molecule has 19 heavy (non-hydrogen) atoms. The van der Waals surface area contributed by atoms with Gasteiger partial charge in [-0.15, -0.1) is 0 Å². The normalized spacial score (nSPS) is 14.4. The second-order valence-corrected chi connectivity index (χ2v) is 4.38. The van der Waals surface area contributed by atoms with E-state index in [0.29, 0.717) is 36.0 Å². The van der Waals surface area contributed by atoms with Gasteiger partial charge in [0.2, 0.25) is 0 Å². The summed E-state index contributed by atoms with van der Waals surface area (Å²) >= 11 is 0. The van der Waals surface area contributed by atoms with Crippen LogP contribution in [0.3, 0.4) is 0 Å². The Morgan fingerprint density at radius 2 is 2.05 bits per heavy atom. The number of fused-ring (bicyclic) bond motifs is 1. The van der Waals surface area contributed by atoms with Gasteiger partial charge < -0.3 is 9.88 Å². The Morgan fingerprint density at radius 1 is 1.26 bits per heavy atom. The van der Waals surface area contributed by atoms with Gasteiger partial charge in [-0.1, -0.05) is 0 Å². The fourth-order valence-corrected chi connectivity index (χ4v) is 2.40. The number of imidazole rings is 1. The lowest BCUT2D eigenvalue weighted by atomic mass is 10.4. The summed E-state index contributed by atoms with van der Waals surface area (Å²) in [5, 5.41) is 6.92. The summed E-state index contributed by atoms with van der Waals surface area (Å²) in [6.07, 6.45) is 0. The molecular weight excluding hydrogens is 254 g/mol. The third-order valence-corrected chi connectivity index (χ3v) is 3.18. The fraction of sp³-hybridized carbons (Fsp3) is 0.545. The minimum atomic E-state index is -2.72. The number of hydrogen-bond donors (Lipinski definition) is 1. The number of aryl methyl sites for hydroxylation is 1. The van der Waals surface area contributed by atoms with Crippen molar-refractivity contribution < 1.29 is 8.78 Å². The van der Waals surface area contributed by atoms with Crippen molar-refractivity contribution in [1.82, 2.24) is 29.6 Å². The molecule has 0 radical (unpaired) electrons. The number of aromatic nitrogens is 5. The van der Waals surface area contributed by atoms with E-state index in [1.54, 1.807) is 6.92 Å². The predicted octanol–water partition coefficient (Wildman–Crippen LogP) is 1.47. The van der Waals surface area contributed by atoms with Gasteiger partial charge >= 0.3 is 6.55 Å². The molecule has 3 rings (SSSR count). The molecule has 6 nitrogen and oxygen atoms in total. The zero-order valence-corrected chi connectivity index (χ0v) is 10.7. The van der Waals surface area contributed by atoms with E-state index < -0.39 is 6.55 Å². The molecule has 2 aromatic rings. The Labute approximate surface area is 108 Å². The minimum Gasteiger partial charge on any atom is -0.324 e. The van der Waals surface area contributed by atoms with Gasteiger partial charge in [0.25, 0.3) is 0 Å². The first-order valence-corrected chi connectivity index (χ1v) is 6.12. The number of nitrogens with one attached hydrogen (secondary N) is 1. The molecule has 0 saturated heterocycles. The van der Waals surface area contributed by atoms with Crippen LogP contribution in [0.1, 0.15) is 30.7 Å². The van der Waals surface area contributed by atoms with Crippen molar-refractivity contribution in [3.8, 4) is 11.6 Å². The average molecular weight is 268 g/mol. The molecule has 0 saturated carbocycles. The van der Waals surface area contributed by atoms with Crippen LogP contribution >= 0.6 is 0 Å². The standard InChI is InChI=1S/C11H14F2N6/c1-3-18-8-5-14-4-7(8)16-9(18)10-15-6(2)17-19(10)11(12)13/h11,14H,3-5H2,1-2H3. The van der Waals surface area contributed by atoms with Gasteiger partial charge in [-0.2, -0.15) is 18.6 Å². The van der Waals surface area contributed by atoms with E-state index >= 15 is 0 Å². The lowest BCUT2D eigenvalue weighted by molar-refractivity contribution is 0.0577. The number of rotatable bonds is 3. The molecule has 0 fully saturated rings. The summed E-state index contributed by atoms with van der Waals surface area (Å²) < 4.78 is 28.5. The first kappa shape index (κ1) is 12.2. The van der Waals surface area contributed by atoms with Crippen molar-refractivity contribution in [3.05, 3.63) is 17.2 Å². The number of alkyl halides is 2. The first-order chi connectivity index (χ1) is 9.11. The van der Waals surface area contributed by atoms with Gasteiger partial charge in [0.15, 0.2) is 11.6 Å². The predicted molar refractivity (Wildman–Crippen MR) is 63.5 cm³/mol. The summed E-state index contributed by atoms with van der Waals surface area (Å²) in [7, 11) is 0. The van der Waals surface area contributed by atoms with E-state index in [1.165, 1.54) is 0 Å². The smallest absolute Gasteiger partial charge is 0.324 e. The van der Waals surface area contributed by atoms with Gasteiger partial charge in [0.1, 0.15) is 5.82 Å². The van der Waals surface area contributed by atoms with E-state index in [1.807, 2.05) is 11.5 Å². The number of nitrogens with zero attached hydrogens (tertiary/aromatic N) is 5. The molecule has 0 amide bonds. The summed E-state index contributed by atoms with van der Waals surface area (Å²) in [5.41, 5.74) is 1.94. The van der Waals surface area contributed by atoms with E-state index in [0.717, 1.165) is 11.4 Å². The molecule has 1 aliphatic rings. The maximum Gasteiger partial charge on any atom is 0.335 e. The van der Waals surface area contributed by atoms with Crippen molar-refractivity contribution in [3.63, 3.8) is 0 Å². The topological polar surface area (TPSA) is 60.6 Å². The molecule has 102 valence electrons. The van der Waals surface area contributed by atoms with Crippen molar-refractivity contribution in [2.45, 2.75) is 40.0 Å². The van der Waals surface area contributed by atoms with Crippen LogP contribution in [0.2, 0.25) is 0 Å². The Kier molecular flexibility index (Phi) is 2.81. The highest BCUT2D eigenvalue weighted by Gasteiger charge is 2.26. The number of halogens is 2. The number of hydrogen-bond acceptors (Lipinski definition) is 4. The summed E-state index contributed by atoms with van der Waals surface area (Å²) in [6.45, 7) is 2.87.